The molecule has 0 aromatic rings. The molecule has 0 aromatic carbocycles. The van der Waals surface area contributed by atoms with Gasteiger partial charge < -0.3 is 0 Å². The molecule has 0 aliphatic rings. The highest BCUT2D eigenvalue weighted by atomic mass is 32.4. The van der Waals surface area contributed by atoms with Gasteiger partial charge in [-0.3, -0.25) is 0 Å². The molecule has 0 unspecified atom stereocenters. The van der Waals surface area contributed by atoms with Crippen LogP contribution in [0.4, 0.5) is 0 Å². The fraction of sp³-hybridized carbons (Fsp3) is 1.00. The molecular weight excluding hydrogens is 120 g/mol. The minimum absolute atomic E-state index is 0.741. The lowest BCUT2D eigenvalue weighted by atomic mass is 11.0. The molecule has 2 heteroatoms. The average molecular weight is 134 g/mol. The monoisotopic (exact) mass is 134 g/mol. The summed E-state index contributed by atoms with van der Waals surface area (Å²) in [6.45, 7) is 9.35. The molecule has 0 spiro atoms. The Balaban J connectivity index is 3.15. The van der Waals surface area contributed by atoms with E-state index in [1.165, 1.54) is 5.75 Å². The molecule has 0 aromatic heterocycles. The van der Waals surface area contributed by atoms with E-state index in [-0.39, 0.29) is 0 Å². The van der Waals surface area contributed by atoms with Crippen LogP contribution < -0.4 is 0 Å². The van der Waals surface area contributed by atoms with Crippen molar-refractivity contribution in [1.29, 1.82) is 0 Å². The highest BCUT2D eigenvalue weighted by Crippen LogP contribution is 2.17. The summed E-state index contributed by atoms with van der Waals surface area (Å²) in [5, 5.41) is 0. The second-order valence-electron chi connectivity index (χ2n) is 2.55. The van der Waals surface area contributed by atoms with Crippen LogP contribution in [0.1, 0.15) is 6.92 Å². The first kappa shape index (κ1) is 7.57. The lowest BCUT2D eigenvalue weighted by Crippen LogP contribution is -2.13. The van der Waals surface area contributed by atoms with Gasteiger partial charge in [-0.25, -0.2) is 0 Å². The van der Waals surface area contributed by atoms with E-state index < -0.39 is 7.22 Å². The van der Waals surface area contributed by atoms with Crippen LogP contribution in [0.25, 0.3) is 0 Å². The van der Waals surface area contributed by atoms with Crippen LogP contribution in [0.15, 0.2) is 0 Å². The Bertz CT molecular complexity index is 46.5. The molecule has 0 aliphatic carbocycles. The van der Waals surface area contributed by atoms with Gasteiger partial charge in [0.15, 0.2) is 0 Å². The Morgan fingerprint density at radius 2 is 1.71 bits per heavy atom. The third-order valence-corrected chi connectivity index (χ3v) is 5.20. The second kappa shape index (κ2) is 2.77. The van der Waals surface area contributed by atoms with Crippen LogP contribution in [0.2, 0.25) is 19.6 Å². The first-order valence-electron chi connectivity index (χ1n) is 2.70. The molecule has 0 bridgehead atoms. The zero-order valence-corrected chi connectivity index (χ0v) is 7.43. The lowest BCUT2D eigenvalue weighted by Gasteiger charge is -2.11. The molecule has 0 aliphatic heterocycles. The van der Waals surface area contributed by atoms with Crippen molar-refractivity contribution in [3.05, 3.63) is 0 Å². The van der Waals surface area contributed by atoms with Gasteiger partial charge in [0.05, 0.1) is 0 Å². The Kier molecular flexibility index (Phi) is 3.00. The molecule has 0 amide bonds. The van der Waals surface area contributed by atoms with Crippen molar-refractivity contribution in [3.8, 4) is 0 Å². The SMILES string of the molecule is CCS[Si](C)(C)C. The summed E-state index contributed by atoms with van der Waals surface area (Å²) < 4.78 is 0. The largest absolute Gasteiger partial charge is 0.186 e. The standard InChI is InChI=1S/C5H14SSi/c1-5-6-7(2,3)4/h5H2,1-4H3. The smallest absolute Gasteiger partial charge is 0.108 e. The van der Waals surface area contributed by atoms with Gasteiger partial charge in [0.1, 0.15) is 7.22 Å². The van der Waals surface area contributed by atoms with Gasteiger partial charge in [0.25, 0.3) is 0 Å². The first-order chi connectivity index (χ1) is 3.06. The molecule has 0 nitrogen and oxygen atoms in total. The van der Waals surface area contributed by atoms with Crippen molar-refractivity contribution in [2.45, 2.75) is 26.6 Å². The van der Waals surface area contributed by atoms with Gasteiger partial charge in [-0.1, -0.05) is 26.6 Å². The highest BCUT2D eigenvalue weighted by molar-refractivity contribution is 8.28. The molecule has 0 N–H and O–H groups in total. The van der Waals surface area contributed by atoms with Crippen molar-refractivity contribution in [3.63, 3.8) is 0 Å². The topological polar surface area (TPSA) is 0 Å². The van der Waals surface area contributed by atoms with Crippen molar-refractivity contribution >= 4 is 18.4 Å². The van der Waals surface area contributed by atoms with Crippen LogP contribution in [-0.2, 0) is 0 Å². The highest BCUT2D eigenvalue weighted by Gasteiger charge is 2.10. The van der Waals surface area contributed by atoms with E-state index in [1.807, 2.05) is 0 Å². The minimum Gasteiger partial charge on any atom is -0.186 e. The molecule has 0 heterocycles. The van der Waals surface area contributed by atoms with Gasteiger partial charge >= 0.3 is 0 Å². The zero-order valence-electron chi connectivity index (χ0n) is 5.62. The predicted molar refractivity (Wildman–Crippen MR) is 41.5 cm³/mol. The van der Waals surface area contributed by atoms with Crippen molar-refractivity contribution in [2.75, 3.05) is 5.75 Å². The van der Waals surface area contributed by atoms with E-state index in [1.54, 1.807) is 0 Å². The first-order valence-corrected chi connectivity index (χ1v) is 7.91. The van der Waals surface area contributed by atoms with Crippen LogP contribution in [-0.4, -0.2) is 13.0 Å². The zero-order chi connectivity index (χ0) is 5.91. The van der Waals surface area contributed by atoms with Crippen LogP contribution in [0.5, 0.6) is 0 Å². The summed E-state index contributed by atoms with van der Waals surface area (Å²) in [7, 11) is -0.741. The minimum atomic E-state index is -0.741. The third-order valence-electron chi connectivity index (χ3n) is 0.577. The maximum atomic E-state index is 2.38. The Morgan fingerprint density at radius 1 is 1.29 bits per heavy atom. The maximum Gasteiger partial charge on any atom is 0.108 e. The van der Waals surface area contributed by atoms with E-state index in [4.69, 9.17) is 0 Å². The van der Waals surface area contributed by atoms with Gasteiger partial charge in [-0.15, -0.1) is 0 Å². The van der Waals surface area contributed by atoms with E-state index in [2.05, 4.69) is 37.8 Å². The summed E-state index contributed by atoms with van der Waals surface area (Å²) in [5.41, 5.74) is 0. The average Bonchev–Trinajstić information content (AvgIpc) is 1.30. The van der Waals surface area contributed by atoms with E-state index in [0.29, 0.717) is 0 Å². The maximum absolute atomic E-state index is 2.38. The van der Waals surface area contributed by atoms with Crippen molar-refractivity contribution in [1.82, 2.24) is 0 Å². The summed E-state index contributed by atoms with van der Waals surface area (Å²) >= 11 is 2.13. The van der Waals surface area contributed by atoms with Crippen molar-refractivity contribution < 1.29 is 0 Å². The van der Waals surface area contributed by atoms with Gasteiger partial charge in [-0.2, -0.15) is 11.2 Å². The molecule has 0 saturated carbocycles. The molecule has 0 saturated heterocycles. The molecule has 0 radical (unpaired) electrons. The Labute approximate surface area is 51.3 Å². The summed E-state index contributed by atoms with van der Waals surface area (Å²) in [5.74, 6) is 1.29. The van der Waals surface area contributed by atoms with Crippen molar-refractivity contribution in [2.24, 2.45) is 0 Å². The molecule has 44 valence electrons. The molecule has 0 rings (SSSR count). The van der Waals surface area contributed by atoms with Crippen LogP contribution in [0, 0.1) is 0 Å². The van der Waals surface area contributed by atoms with Crippen LogP contribution >= 0.6 is 11.2 Å². The second-order valence-corrected chi connectivity index (χ2v) is 12.2. The summed E-state index contributed by atoms with van der Waals surface area (Å²) in [4.78, 5) is 0. The summed E-state index contributed by atoms with van der Waals surface area (Å²) in [6, 6.07) is 0. The van der Waals surface area contributed by atoms with Gasteiger partial charge in [0.2, 0.25) is 0 Å². The third kappa shape index (κ3) is 6.57. The lowest BCUT2D eigenvalue weighted by molar-refractivity contribution is 1.54. The molecular formula is C5H14SSi. The molecule has 0 atom stereocenters. The predicted octanol–water partition coefficient (Wildman–Crippen LogP) is 2.57. The summed E-state index contributed by atoms with van der Waals surface area (Å²) in [6.07, 6.45) is 0. The van der Waals surface area contributed by atoms with E-state index in [0.717, 1.165) is 0 Å². The normalized spacial score (nSPS) is 12.0. The van der Waals surface area contributed by atoms with Gasteiger partial charge in [-0.05, 0) is 5.75 Å². The molecule has 7 heavy (non-hydrogen) atoms. The quantitative estimate of drug-likeness (QED) is 0.523. The van der Waals surface area contributed by atoms with E-state index in [9.17, 15) is 0 Å². The Morgan fingerprint density at radius 3 is 1.71 bits per heavy atom. The fourth-order valence-electron chi connectivity index (χ4n) is 0.433. The number of hydrogen-bond donors (Lipinski definition) is 0. The van der Waals surface area contributed by atoms with E-state index >= 15 is 0 Å². The number of hydrogen-bond acceptors (Lipinski definition) is 1. The van der Waals surface area contributed by atoms with Gasteiger partial charge in [0, 0.05) is 0 Å². The fourth-order valence-corrected chi connectivity index (χ4v) is 3.90. The number of rotatable bonds is 2. The molecule has 0 fully saturated rings. The van der Waals surface area contributed by atoms with Crippen LogP contribution in [0.3, 0.4) is 0 Å². The Hall–Kier alpha value is 0.567.